The number of anilines is 1. The molecule has 0 radical (unpaired) electrons. The van der Waals surface area contributed by atoms with Crippen LogP contribution in [-0.4, -0.2) is 30.9 Å². The molecule has 4 aromatic rings. The van der Waals surface area contributed by atoms with Gasteiger partial charge in [-0.1, -0.05) is 36.4 Å². The summed E-state index contributed by atoms with van der Waals surface area (Å²) in [4.78, 5) is 38.3. The van der Waals surface area contributed by atoms with Gasteiger partial charge >= 0.3 is 5.97 Å². The van der Waals surface area contributed by atoms with Gasteiger partial charge in [-0.15, -0.1) is 0 Å². The van der Waals surface area contributed by atoms with E-state index in [-0.39, 0.29) is 25.3 Å². The van der Waals surface area contributed by atoms with Crippen molar-refractivity contribution in [2.24, 2.45) is 5.73 Å². The minimum Gasteiger partial charge on any atom is -0.489 e. The number of nitrogens with zero attached hydrogens (tertiary/aromatic N) is 1. The Kier molecular flexibility index (Phi) is 7.60. The molecule has 8 nitrogen and oxygen atoms in total. The molecule has 0 atom stereocenters. The Balaban J connectivity index is 1.51. The Morgan fingerprint density at radius 1 is 0.917 bits per heavy atom. The molecule has 0 aliphatic carbocycles. The van der Waals surface area contributed by atoms with E-state index in [0.717, 1.165) is 0 Å². The quantitative estimate of drug-likeness (QED) is 0.333. The average Bonchev–Trinajstić information content (AvgIpc) is 3.26. The third-order valence-corrected chi connectivity index (χ3v) is 5.36. The SMILES string of the molecule is NC(=O)CCN(C(=O)COC(=O)c1oc2ccccc2c1COc1ccccc1)c1ccc(F)cc1. The van der Waals surface area contributed by atoms with Crippen LogP contribution < -0.4 is 15.4 Å². The number of hydrogen-bond donors (Lipinski definition) is 1. The van der Waals surface area contributed by atoms with Crippen LogP contribution in [0.1, 0.15) is 22.5 Å². The number of carbonyl (C=O) groups is 3. The molecule has 0 aliphatic rings. The number of hydrogen-bond acceptors (Lipinski definition) is 6. The highest BCUT2D eigenvalue weighted by Gasteiger charge is 2.25. The molecule has 9 heteroatoms. The average molecular weight is 490 g/mol. The third-order valence-electron chi connectivity index (χ3n) is 5.36. The third kappa shape index (κ3) is 5.87. The number of carbonyl (C=O) groups excluding carboxylic acids is 3. The molecular formula is C27H23FN2O6. The standard InChI is InChI=1S/C27H23FN2O6/c28-18-10-12-19(13-11-18)30(15-14-24(29)31)25(32)17-35-27(33)26-22(16-34-20-6-2-1-3-7-20)21-8-4-5-9-23(21)36-26/h1-13H,14-17H2,(H2,29,31). The first-order valence-electron chi connectivity index (χ1n) is 11.1. The van der Waals surface area contributed by atoms with Crippen molar-refractivity contribution in [1.82, 2.24) is 0 Å². The Morgan fingerprint density at radius 2 is 1.61 bits per heavy atom. The first kappa shape index (κ1) is 24.5. The lowest BCUT2D eigenvalue weighted by atomic mass is 10.1. The van der Waals surface area contributed by atoms with Crippen molar-refractivity contribution in [3.8, 4) is 5.75 Å². The molecule has 0 bridgehead atoms. The Hall–Kier alpha value is -4.66. The summed E-state index contributed by atoms with van der Waals surface area (Å²) in [5, 5.41) is 0.682. The number of amides is 2. The second-order valence-corrected chi connectivity index (χ2v) is 7.82. The second kappa shape index (κ2) is 11.2. The van der Waals surface area contributed by atoms with Gasteiger partial charge in [0.25, 0.3) is 5.91 Å². The molecule has 184 valence electrons. The number of nitrogens with two attached hydrogens (primary N) is 1. The van der Waals surface area contributed by atoms with E-state index < -0.39 is 30.2 Å². The summed E-state index contributed by atoms with van der Waals surface area (Å²) >= 11 is 0. The van der Waals surface area contributed by atoms with E-state index in [1.807, 2.05) is 24.3 Å². The van der Waals surface area contributed by atoms with Gasteiger partial charge in [-0.25, -0.2) is 9.18 Å². The maximum Gasteiger partial charge on any atom is 0.375 e. The van der Waals surface area contributed by atoms with Crippen molar-refractivity contribution in [1.29, 1.82) is 0 Å². The van der Waals surface area contributed by atoms with Gasteiger partial charge in [0.05, 0.1) is 5.56 Å². The van der Waals surface area contributed by atoms with Crippen LogP contribution in [0.25, 0.3) is 11.0 Å². The molecule has 0 spiro atoms. The van der Waals surface area contributed by atoms with Crippen molar-refractivity contribution in [3.05, 3.63) is 96.0 Å². The maximum absolute atomic E-state index is 13.3. The predicted octanol–water partition coefficient (Wildman–Crippen LogP) is 4.22. The maximum atomic E-state index is 13.3. The number of para-hydroxylation sites is 2. The summed E-state index contributed by atoms with van der Waals surface area (Å²) in [7, 11) is 0. The minimum absolute atomic E-state index is 0.0414. The van der Waals surface area contributed by atoms with Crippen LogP contribution in [0.4, 0.5) is 10.1 Å². The monoisotopic (exact) mass is 490 g/mol. The molecule has 1 aromatic heterocycles. The largest absolute Gasteiger partial charge is 0.489 e. The van der Waals surface area contributed by atoms with Crippen LogP contribution in [0, 0.1) is 5.82 Å². The van der Waals surface area contributed by atoms with E-state index >= 15 is 0 Å². The lowest BCUT2D eigenvalue weighted by molar-refractivity contribution is -0.122. The Bertz CT molecular complexity index is 1370. The van der Waals surface area contributed by atoms with E-state index in [9.17, 15) is 18.8 Å². The zero-order valence-corrected chi connectivity index (χ0v) is 19.2. The van der Waals surface area contributed by atoms with E-state index in [2.05, 4.69) is 0 Å². The first-order chi connectivity index (χ1) is 17.4. The van der Waals surface area contributed by atoms with Gasteiger partial charge in [0.2, 0.25) is 11.7 Å². The van der Waals surface area contributed by atoms with Crippen LogP contribution in [-0.2, 0) is 20.9 Å². The molecule has 0 saturated carbocycles. The molecule has 2 N–H and O–H groups in total. The Morgan fingerprint density at radius 3 is 2.33 bits per heavy atom. The summed E-state index contributed by atoms with van der Waals surface area (Å²) in [6.45, 7) is -0.650. The molecule has 4 rings (SSSR count). The van der Waals surface area contributed by atoms with E-state index in [1.54, 1.807) is 30.3 Å². The van der Waals surface area contributed by atoms with Gasteiger partial charge in [-0.3, -0.25) is 9.59 Å². The van der Waals surface area contributed by atoms with Crippen LogP contribution in [0.3, 0.4) is 0 Å². The molecule has 3 aromatic carbocycles. The number of esters is 1. The molecule has 0 unspecified atom stereocenters. The van der Waals surface area contributed by atoms with E-state index in [1.165, 1.54) is 29.2 Å². The normalized spacial score (nSPS) is 10.7. The van der Waals surface area contributed by atoms with Gasteiger partial charge in [0.1, 0.15) is 23.8 Å². The molecule has 0 aliphatic heterocycles. The molecule has 2 amide bonds. The molecular weight excluding hydrogens is 467 g/mol. The number of fused-ring (bicyclic) bond motifs is 1. The summed E-state index contributed by atoms with van der Waals surface area (Å²) in [6, 6.07) is 21.3. The van der Waals surface area contributed by atoms with Crippen molar-refractivity contribution in [3.63, 3.8) is 0 Å². The first-order valence-corrected chi connectivity index (χ1v) is 11.1. The molecule has 1 heterocycles. The lowest BCUT2D eigenvalue weighted by Gasteiger charge is -2.22. The Labute approximate surface area is 206 Å². The number of halogens is 1. The van der Waals surface area contributed by atoms with Crippen molar-refractivity contribution < 1.29 is 32.7 Å². The van der Waals surface area contributed by atoms with Crippen LogP contribution in [0.5, 0.6) is 5.75 Å². The van der Waals surface area contributed by atoms with Gasteiger partial charge in [-0.2, -0.15) is 0 Å². The van der Waals surface area contributed by atoms with Gasteiger partial charge in [0.15, 0.2) is 6.61 Å². The summed E-state index contributed by atoms with van der Waals surface area (Å²) in [6.07, 6.45) is -0.123. The fourth-order valence-electron chi connectivity index (χ4n) is 3.59. The van der Waals surface area contributed by atoms with Crippen LogP contribution in [0.2, 0.25) is 0 Å². The molecule has 0 saturated heterocycles. The van der Waals surface area contributed by atoms with Crippen molar-refractivity contribution >= 4 is 34.4 Å². The van der Waals surface area contributed by atoms with Gasteiger partial charge in [-0.05, 0) is 42.5 Å². The van der Waals surface area contributed by atoms with Gasteiger partial charge in [0, 0.05) is 24.0 Å². The number of primary amides is 1. The van der Waals surface area contributed by atoms with E-state index in [4.69, 9.17) is 19.6 Å². The smallest absolute Gasteiger partial charge is 0.375 e. The van der Waals surface area contributed by atoms with Crippen LogP contribution >= 0.6 is 0 Å². The summed E-state index contributed by atoms with van der Waals surface area (Å²) in [5.74, 6) is -2.03. The number of ether oxygens (including phenoxy) is 2. The predicted molar refractivity (Wildman–Crippen MR) is 130 cm³/mol. The number of rotatable bonds is 10. The number of benzene rings is 3. The fraction of sp³-hybridized carbons (Fsp3) is 0.148. The summed E-state index contributed by atoms with van der Waals surface area (Å²) < 4.78 is 30.2. The zero-order valence-electron chi connectivity index (χ0n) is 19.2. The van der Waals surface area contributed by atoms with Crippen molar-refractivity contribution in [2.75, 3.05) is 18.1 Å². The van der Waals surface area contributed by atoms with Crippen LogP contribution in [0.15, 0.2) is 83.3 Å². The molecule has 0 fully saturated rings. The van der Waals surface area contributed by atoms with E-state index in [0.29, 0.717) is 28.0 Å². The van der Waals surface area contributed by atoms with Crippen molar-refractivity contribution in [2.45, 2.75) is 13.0 Å². The lowest BCUT2D eigenvalue weighted by Crippen LogP contribution is -2.37. The number of furan rings is 1. The highest BCUT2D eigenvalue weighted by molar-refractivity contribution is 5.99. The van der Waals surface area contributed by atoms with Gasteiger partial charge < -0.3 is 24.5 Å². The summed E-state index contributed by atoms with van der Waals surface area (Å²) in [5.41, 5.74) is 6.50. The topological polar surface area (TPSA) is 112 Å². The second-order valence-electron chi connectivity index (χ2n) is 7.82. The minimum atomic E-state index is -0.847. The highest BCUT2D eigenvalue weighted by atomic mass is 19.1. The zero-order chi connectivity index (χ0) is 25.5. The fourth-order valence-corrected chi connectivity index (χ4v) is 3.59. The highest BCUT2D eigenvalue weighted by Crippen LogP contribution is 2.28. The molecule has 36 heavy (non-hydrogen) atoms.